The smallest absolute Gasteiger partial charge is 0.351 e. The van der Waals surface area contributed by atoms with Crippen molar-refractivity contribution in [2.24, 2.45) is 0 Å². The second-order valence-corrected chi connectivity index (χ2v) is 5.84. The summed E-state index contributed by atoms with van der Waals surface area (Å²) in [7, 11) is 0. The SMILES string of the molecule is Nc1nc(=O)n([C@H]2C[C@@H](O)[C@@H](CO)O2)cc1CSCCO. The topological polar surface area (TPSA) is 131 Å². The first-order valence-corrected chi connectivity index (χ1v) is 7.72. The van der Waals surface area contributed by atoms with Gasteiger partial charge in [0.25, 0.3) is 0 Å². The van der Waals surface area contributed by atoms with Crippen LogP contribution in [-0.4, -0.2) is 56.0 Å². The average molecular weight is 317 g/mol. The molecule has 0 aromatic carbocycles. The van der Waals surface area contributed by atoms with E-state index < -0.39 is 24.1 Å². The van der Waals surface area contributed by atoms with Crippen LogP contribution >= 0.6 is 11.8 Å². The van der Waals surface area contributed by atoms with E-state index in [0.717, 1.165) is 0 Å². The van der Waals surface area contributed by atoms with Crippen molar-refractivity contribution in [3.05, 3.63) is 22.2 Å². The highest BCUT2D eigenvalue weighted by atomic mass is 32.2. The quantitative estimate of drug-likeness (QED) is 0.476. The van der Waals surface area contributed by atoms with Gasteiger partial charge in [-0.05, 0) is 0 Å². The highest BCUT2D eigenvalue weighted by Crippen LogP contribution is 2.28. The minimum atomic E-state index is -0.823. The van der Waals surface area contributed by atoms with Crippen molar-refractivity contribution in [2.75, 3.05) is 24.7 Å². The maximum Gasteiger partial charge on any atom is 0.351 e. The van der Waals surface area contributed by atoms with Crippen LogP contribution < -0.4 is 11.4 Å². The molecule has 0 amide bonds. The summed E-state index contributed by atoms with van der Waals surface area (Å²) in [4.78, 5) is 15.7. The molecule has 1 saturated heterocycles. The van der Waals surface area contributed by atoms with Gasteiger partial charge in [-0.2, -0.15) is 16.7 Å². The molecule has 0 radical (unpaired) electrons. The van der Waals surface area contributed by atoms with E-state index in [1.165, 1.54) is 16.3 Å². The Hall–Kier alpha value is -1.13. The van der Waals surface area contributed by atoms with Gasteiger partial charge in [0.15, 0.2) is 0 Å². The number of hydrogen-bond donors (Lipinski definition) is 4. The van der Waals surface area contributed by atoms with E-state index in [1.54, 1.807) is 6.20 Å². The molecule has 1 fully saturated rings. The molecule has 0 bridgehead atoms. The lowest BCUT2D eigenvalue weighted by Crippen LogP contribution is -2.29. The molecule has 5 N–H and O–H groups in total. The van der Waals surface area contributed by atoms with Gasteiger partial charge in [0.05, 0.1) is 19.3 Å². The van der Waals surface area contributed by atoms with Gasteiger partial charge < -0.3 is 25.8 Å². The van der Waals surface area contributed by atoms with Crippen LogP contribution in [0.2, 0.25) is 0 Å². The number of anilines is 1. The van der Waals surface area contributed by atoms with Gasteiger partial charge in [0.1, 0.15) is 18.1 Å². The van der Waals surface area contributed by atoms with Gasteiger partial charge >= 0.3 is 5.69 Å². The summed E-state index contributed by atoms with van der Waals surface area (Å²) in [5.74, 6) is 1.22. The third kappa shape index (κ3) is 3.74. The zero-order chi connectivity index (χ0) is 15.4. The second-order valence-electron chi connectivity index (χ2n) is 4.73. The number of hydrogen-bond acceptors (Lipinski definition) is 8. The van der Waals surface area contributed by atoms with Crippen LogP contribution in [0.1, 0.15) is 18.2 Å². The molecular weight excluding hydrogens is 298 g/mol. The third-order valence-corrected chi connectivity index (χ3v) is 4.23. The molecule has 1 aromatic heterocycles. The molecule has 21 heavy (non-hydrogen) atoms. The number of nitrogens with zero attached hydrogens (tertiary/aromatic N) is 2. The van der Waals surface area contributed by atoms with Gasteiger partial charge in [0, 0.05) is 29.7 Å². The van der Waals surface area contributed by atoms with E-state index in [1.807, 2.05) is 0 Å². The Balaban J connectivity index is 2.19. The van der Waals surface area contributed by atoms with Gasteiger partial charge in [-0.1, -0.05) is 0 Å². The fourth-order valence-corrected chi connectivity index (χ4v) is 2.85. The molecule has 8 nitrogen and oxygen atoms in total. The number of ether oxygens (including phenoxy) is 1. The Morgan fingerprint density at radius 2 is 2.29 bits per heavy atom. The number of nitrogens with two attached hydrogens (primary N) is 1. The average Bonchev–Trinajstić information content (AvgIpc) is 2.82. The maximum absolute atomic E-state index is 11.9. The monoisotopic (exact) mass is 317 g/mol. The molecular formula is C12H19N3O5S. The van der Waals surface area contributed by atoms with Gasteiger partial charge in [-0.15, -0.1) is 0 Å². The molecule has 0 unspecified atom stereocenters. The number of nitrogen functional groups attached to an aromatic ring is 1. The van der Waals surface area contributed by atoms with Crippen molar-refractivity contribution in [3.8, 4) is 0 Å². The van der Waals surface area contributed by atoms with Crippen molar-refractivity contribution in [2.45, 2.75) is 30.6 Å². The summed E-state index contributed by atoms with van der Waals surface area (Å²) in [5.41, 5.74) is 5.83. The second kappa shape index (κ2) is 7.23. The predicted molar refractivity (Wildman–Crippen MR) is 77.8 cm³/mol. The molecule has 0 aliphatic carbocycles. The van der Waals surface area contributed by atoms with Crippen molar-refractivity contribution in [3.63, 3.8) is 0 Å². The summed E-state index contributed by atoms with van der Waals surface area (Å²) >= 11 is 1.47. The minimum absolute atomic E-state index is 0.0632. The lowest BCUT2D eigenvalue weighted by atomic mass is 10.2. The number of thioether (sulfide) groups is 1. The largest absolute Gasteiger partial charge is 0.396 e. The number of aromatic nitrogens is 2. The van der Waals surface area contributed by atoms with E-state index in [9.17, 15) is 9.90 Å². The first-order valence-electron chi connectivity index (χ1n) is 6.57. The molecule has 0 spiro atoms. The van der Waals surface area contributed by atoms with Gasteiger partial charge in [-0.3, -0.25) is 4.57 Å². The number of rotatable bonds is 6. The van der Waals surface area contributed by atoms with E-state index in [2.05, 4.69) is 4.98 Å². The lowest BCUT2D eigenvalue weighted by molar-refractivity contribution is -0.0459. The Labute approximate surface area is 125 Å². The Kier molecular flexibility index (Phi) is 5.59. The van der Waals surface area contributed by atoms with Crippen molar-refractivity contribution < 1.29 is 20.1 Å². The molecule has 1 aliphatic heterocycles. The Morgan fingerprint density at radius 3 is 2.90 bits per heavy atom. The van der Waals surface area contributed by atoms with Crippen LogP contribution in [0, 0.1) is 0 Å². The van der Waals surface area contributed by atoms with Crippen molar-refractivity contribution in [1.82, 2.24) is 9.55 Å². The van der Waals surface area contributed by atoms with Gasteiger partial charge in [0.2, 0.25) is 0 Å². The first kappa shape index (κ1) is 16.2. The van der Waals surface area contributed by atoms with E-state index >= 15 is 0 Å². The fourth-order valence-electron chi connectivity index (χ4n) is 2.14. The molecule has 3 atom stereocenters. The normalized spacial score (nSPS) is 25.4. The summed E-state index contributed by atoms with van der Waals surface area (Å²) < 4.78 is 6.73. The highest BCUT2D eigenvalue weighted by molar-refractivity contribution is 7.98. The van der Waals surface area contributed by atoms with Crippen molar-refractivity contribution >= 4 is 17.6 Å². The zero-order valence-corrected chi connectivity index (χ0v) is 12.2. The zero-order valence-electron chi connectivity index (χ0n) is 11.4. The van der Waals surface area contributed by atoms with Crippen LogP contribution in [0.3, 0.4) is 0 Å². The standard InChI is InChI=1S/C12H19N3O5S/c13-11-7(6-21-2-1-16)4-15(12(19)14-11)10-3-8(18)9(5-17)20-10/h4,8-10,16-18H,1-3,5-6H2,(H2,13,14,19)/t8-,9-,10-/m1/s1. The van der Waals surface area contributed by atoms with E-state index in [4.69, 9.17) is 20.7 Å². The summed E-state index contributed by atoms with van der Waals surface area (Å²) in [6.07, 6.45) is -0.422. The van der Waals surface area contributed by atoms with Gasteiger partial charge in [-0.25, -0.2) is 4.79 Å². The lowest BCUT2D eigenvalue weighted by Gasteiger charge is -2.16. The summed E-state index contributed by atoms with van der Waals surface area (Å²) in [6, 6.07) is 0. The highest BCUT2D eigenvalue weighted by Gasteiger charge is 2.35. The Morgan fingerprint density at radius 1 is 1.52 bits per heavy atom. The molecule has 0 saturated carbocycles. The van der Waals surface area contributed by atoms with Crippen LogP contribution in [0.5, 0.6) is 0 Å². The van der Waals surface area contributed by atoms with Crippen LogP contribution in [0.15, 0.2) is 11.0 Å². The van der Waals surface area contributed by atoms with Crippen LogP contribution in [-0.2, 0) is 10.5 Å². The van der Waals surface area contributed by atoms with E-state index in [-0.39, 0.29) is 25.5 Å². The summed E-state index contributed by atoms with van der Waals surface area (Å²) in [5, 5.41) is 27.6. The minimum Gasteiger partial charge on any atom is -0.396 e. The van der Waals surface area contributed by atoms with Crippen molar-refractivity contribution in [1.29, 1.82) is 0 Å². The molecule has 118 valence electrons. The summed E-state index contributed by atoms with van der Waals surface area (Å²) in [6.45, 7) is -0.248. The molecule has 2 heterocycles. The fraction of sp³-hybridized carbons (Fsp3) is 0.667. The van der Waals surface area contributed by atoms with E-state index in [0.29, 0.717) is 17.1 Å². The predicted octanol–water partition coefficient (Wildman–Crippen LogP) is -1.31. The molecule has 1 aromatic rings. The third-order valence-electron chi connectivity index (χ3n) is 3.25. The molecule has 2 rings (SSSR count). The van der Waals surface area contributed by atoms with Crippen LogP contribution in [0.25, 0.3) is 0 Å². The first-order chi connectivity index (χ1) is 10.1. The number of aliphatic hydroxyl groups is 3. The van der Waals surface area contributed by atoms with Crippen LogP contribution in [0.4, 0.5) is 5.82 Å². The maximum atomic E-state index is 11.9. The molecule has 9 heteroatoms. The molecule has 1 aliphatic rings. The Bertz CT molecular complexity index is 538. The number of aliphatic hydroxyl groups excluding tert-OH is 3.